The highest BCUT2D eigenvalue weighted by Gasteiger charge is 2.44. The van der Waals surface area contributed by atoms with Crippen LogP contribution in [0.4, 0.5) is 0 Å². The highest BCUT2D eigenvalue weighted by molar-refractivity contribution is 6.64. The Labute approximate surface area is 94.5 Å². The molecule has 1 rings (SSSR count). The molecular weight excluding hydrogens is 208 g/mol. The van der Waals surface area contributed by atoms with E-state index in [1.165, 1.54) is 12.8 Å². The van der Waals surface area contributed by atoms with Crippen LogP contribution in [-0.2, 0) is 8.85 Å². The lowest BCUT2D eigenvalue weighted by Crippen LogP contribution is -2.61. The lowest BCUT2D eigenvalue weighted by molar-refractivity contribution is 0.141. The molecule has 0 aromatic heterocycles. The first-order valence-electron chi connectivity index (χ1n) is 5.65. The SMILES string of the molecule is CO[Si]1(OC)CCCCN1CCN(C)C. The summed E-state index contributed by atoms with van der Waals surface area (Å²) in [5, 5.41) is 0. The fraction of sp³-hybridized carbons (Fsp3) is 1.00. The van der Waals surface area contributed by atoms with E-state index in [9.17, 15) is 0 Å². The predicted octanol–water partition coefficient (Wildman–Crippen LogP) is 0.876. The average molecular weight is 232 g/mol. The Bertz CT molecular complexity index is 186. The minimum Gasteiger partial charge on any atom is -0.386 e. The zero-order valence-corrected chi connectivity index (χ0v) is 11.5. The standard InChI is InChI=1S/C10H24N2O2Si/c1-11(2)8-9-12-7-5-6-10-15(12,13-3)14-4/h5-10H2,1-4H3. The Hall–Kier alpha value is 0.0569. The van der Waals surface area contributed by atoms with Crippen molar-refractivity contribution >= 4 is 8.72 Å². The summed E-state index contributed by atoms with van der Waals surface area (Å²) in [6, 6.07) is 1.10. The minimum atomic E-state index is -2.02. The lowest BCUT2D eigenvalue weighted by atomic mass is 10.3. The van der Waals surface area contributed by atoms with Gasteiger partial charge >= 0.3 is 8.72 Å². The Morgan fingerprint density at radius 3 is 2.40 bits per heavy atom. The van der Waals surface area contributed by atoms with Crippen LogP contribution in [0.2, 0.25) is 6.04 Å². The molecule has 0 spiro atoms. The largest absolute Gasteiger partial charge is 0.427 e. The molecule has 90 valence electrons. The molecule has 0 radical (unpaired) electrons. The van der Waals surface area contributed by atoms with E-state index >= 15 is 0 Å². The number of hydrogen-bond acceptors (Lipinski definition) is 4. The molecule has 0 bridgehead atoms. The molecular formula is C10H24N2O2Si. The molecule has 1 aliphatic heterocycles. The minimum absolute atomic E-state index is 1.06. The van der Waals surface area contributed by atoms with E-state index in [4.69, 9.17) is 8.85 Å². The second-order valence-corrected chi connectivity index (χ2v) is 7.74. The molecule has 0 aromatic carbocycles. The Balaban J connectivity index is 2.56. The molecule has 1 fully saturated rings. The summed E-state index contributed by atoms with van der Waals surface area (Å²) in [5.41, 5.74) is 0. The summed E-state index contributed by atoms with van der Waals surface area (Å²) in [6.07, 6.45) is 2.52. The maximum Gasteiger partial charge on any atom is 0.427 e. The maximum atomic E-state index is 5.70. The Kier molecular flexibility index (Phi) is 5.21. The van der Waals surface area contributed by atoms with Gasteiger partial charge in [-0.2, -0.15) is 0 Å². The number of nitrogens with zero attached hydrogens (tertiary/aromatic N) is 2. The molecule has 15 heavy (non-hydrogen) atoms. The third-order valence-corrected chi connectivity index (χ3v) is 6.78. The summed E-state index contributed by atoms with van der Waals surface area (Å²) < 4.78 is 13.8. The maximum absolute atomic E-state index is 5.70. The van der Waals surface area contributed by atoms with Gasteiger partial charge in [-0.3, -0.25) is 4.57 Å². The van der Waals surface area contributed by atoms with Gasteiger partial charge in [-0.05, 0) is 33.5 Å². The normalized spacial score (nSPS) is 22.2. The van der Waals surface area contributed by atoms with Gasteiger partial charge in [-0.15, -0.1) is 0 Å². The van der Waals surface area contributed by atoms with Crippen LogP contribution in [0.1, 0.15) is 12.8 Å². The zero-order chi connectivity index (χ0) is 11.3. The quantitative estimate of drug-likeness (QED) is 0.657. The molecule has 0 N–H and O–H groups in total. The van der Waals surface area contributed by atoms with E-state index in [1.807, 2.05) is 0 Å². The van der Waals surface area contributed by atoms with Crippen LogP contribution < -0.4 is 0 Å². The van der Waals surface area contributed by atoms with Crippen molar-refractivity contribution in [3.05, 3.63) is 0 Å². The van der Waals surface area contributed by atoms with Gasteiger partial charge in [0.1, 0.15) is 0 Å². The summed E-state index contributed by atoms with van der Waals surface area (Å²) >= 11 is 0. The summed E-state index contributed by atoms with van der Waals surface area (Å²) in [5.74, 6) is 0. The van der Waals surface area contributed by atoms with E-state index in [1.54, 1.807) is 14.2 Å². The van der Waals surface area contributed by atoms with E-state index in [-0.39, 0.29) is 0 Å². The first-order valence-corrected chi connectivity index (χ1v) is 7.62. The molecule has 4 nitrogen and oxygen atoms in total. The Morgan fingerprint density at radius 2 is 1.87 bits per heavy atom. The molecule has 1 aliphatic rings. The van der Waals surface area contributed by atoms with E-state index in [2.05, 4.69) is 23.6 Å². The lowest BCUT2D eigenvalue weighted by Gasteiger charge is -2.41. The fourth-order valence-electron chi connectivity index (χ4n) is 2.13. The van der Waals surface area contributed by atoms with Gasteiger partial charge in [0.15, 0.2) is 0 Å². The second-order valence-electron chi connectivity index (χ2n) is 4.37. The molecule has 1 heterocycles. The fourth-order valence-corrected chi connectivity index (χ4v) is 5.17. The topological polar surface area (TPSA) is 24.9 Å². The van der Waals surface area contributed by atoms with Crippen LogP contribution in [-0.4, -0.2) is 66.1 Å². The third kappa shape index (κ3) is 3.25. The van der Waals surface area contributed by atoms with Gasteiger partial charge in [0.2, 0.25) is 0 Å². The van der Waals surface area contributed by atoms with Crippen molar-refractivity contribution in [3.63, 3.8) is 0 Å². The number of rotatable bonds is 5. The van der Waals surface area contributed by atoms with Gasteiger partial charge in [-0.1, -0.05) is 0 Å². The predicted molar refractivity (Wildman–Crippen MR) is 63.9 cm³/mol. The average Bonchev–Trinajstić information content (AvgIpc) is 2.26. The van der Waals surface area contributed by atoms with E-state index in [0.717, 1.165) is 25.7 Å². The van der Waals surface area contributed by atoms with Crippen molar-refractivity contribution in [2.75, 3.05) is 47.9 Å². The van der Waals surface area contributed by atoms with Gasteiger partial charge in [0, 0.05) is 33.4 Å². The zero-order valence-electron chi connectivity index (χ0n) is 10.5. The molecule has 1 saturated heterocycles. The van der Waals surface area contributed by atoms with Gasteiger partial charge in [0.25, 0.3) is 0 Å². The molecule has 0 aromatic rings. The van der Waals surface area contributed by atoms with Crippen LogP contribution in [0.5, 0.6) is 0 Å². The summed E-state index contributed by atoms with van der Waals surface area (Å²) in [7, 11) is 5.78. The highest BCUT2D eigenvalue weighted by Crippen LogP contribution is 2.25. The van der Waals surface area contributed by atoms with Crippen molar-refractivity contribution < 1.29 is 8.85 Å². The molecule has 5 heteroatoms. The highest BCUT2D eigenvalue weighted by atomic mass is 28.4. The first kappa shape index (κ1) is 13.1. The van der Waals surface area contributed by atoms with Crippen LogP contribution in [0.3, 0.4) is 0 Å². The van der Waals surface area contributed by atoms with E-state index in [0.29, 0.717) is 0 Å². The van der Waals surface area contributed by atoms with Gasteiger partial charge < -0.3 is 13.8 Å². The molecule has 0 saturated carbocycles. The smallest absolute Gasteiger partial charge is 0.386 e. The summed E-state index contributed by atoms with van der Waals surface area (Å²) in [6.45, 7) is 3.25. The molecule has 0 unspecified atom stereocenters. The summed E-state index contributed by atoms with van der Waals surface area (Å²) in [4.78, 5) is 2.21. The number of hydrogen-bond donors (Lipinski definition) is 0. The molecule has 0 aliphatic carbocycles. The Morgan fingerprint density at radius 1 is 1.20 bits per heavy atom. The van der Waals surface area contributed by atoms with Crippen LogP contribution in [0, 0.1) is 0 Å². The van der Waals surface area contributed by atoms with Crippen molar-refractivity contribution in [2.24, 2.45) is 0 Å². The van der Waals surface area contributed by atoms with Crippen molar-refractivity contribution in [1.82, 2.24) is 9.47 Å². The van der Waals surface area contributed by atoms with Gasteiger partial charge in [0.05, 0.1) is 0 Å². The number of likely N-dealkylation sites (N-methyl/N-ethyl adjacent to an activating group) is 1. The second kappa shape index (κ2) is 5.96. The van der Waals surface area contributed by atoms with Crippen molar-refractivity contribution in [3.8, 4) is 0 Å². The van der Waals surface area contributed by atoms with Crippen molar-refractivity contribution in [1.29, 1.82) is 0 Å². The van der Waals surface area contributed by atoms with Crippen molar-refractivity contribution in [2.45, 2.75) is 18.9 Å². The monoisotopic (exact) mass is 232 g/mol. The van der Waals surface area contributed by atoms with Gasteiger partial charge in [-0.25, -0.2) is 0 Å². The molecule has 0 amide bonds. The van der Waals surface area contributed by atoms with Crippen LogP contribution in [0.25, 0.3) is 0 Å². The van der Waals surface area contributed by atoms with E-state index < -0.39 is 8.72 Å². The first-order chi connectivity index (χ1) is 7.14. The third-order valence-electron chi connectivity index (χ3n) is 3.11. The van der Waals surface area contributed by atoms with Crippen LogP contribution >= 0.6 is 0 Å². The van der Waals surface area contributed by atoms with Crippen LogP contribution in [0.15, 0.2) is 0 Å². The molecule has 0 atom stereocenters.